The molecule has 1 unspecified atom stereocenters. The standard InChI is InChI=1S/C14H24N2O/c1-3-8-14(2,11-15)16(12-6-7-12)10-13-5-4-9-17-13/h4-5,9,12H,3,6-8,10-11,15H2,1-2H3. The van der Waals surface area contributed by atoms with Crippen molar-refractivity contribution in [3.63, 3.8) is 0 Å². The molecule has 0 spiro atoms. The Bertz CT molecular complexity index is 332. The average molecular weight is 236 g/mol. The van der Waals surface area contributed by atoms with E-state index in [9.17, 15) is 0 Å². The van der Waals surface area contributed by atoms with Crippen LogP contribution in [-0.4, -0.2) is 23.0 Å². The van der Waals surface area contributed by atoms with Crippen LogP contribution in [0.2, 0.25) is 0 Å². The summed E-state index contributed by atoms with van der Waals surface area (Å²) in [4.78, 5) is 2.55. The zero-order valence-electron chi connectivity index (χ0n) is 11.0. The van der Waals surface area contributed by atoms with Crippen LogP contribution in [0.3, 0.4) is 0 Å². The first-order valence-corrected chi connectivity index (χ1v) is 6.69. The molecule has 0 saturated heterocycles. The summed E-state index contributed by atoms with van der Waals surface area (Å²) < 4.78 is 5.48. The molecule has 1 heterocycles. The van der Waals surface area contributed by atoms with Crippen molar-refractivity contribution < 1.29 is 4.42 Å². The molecule has 96 valence electrons. The zero-order chi connectivity index (χ0) is 12.3. The van der Waals surface area contributed by atoms with Crippen LogP contribution in [0.15, 0.2) is 22.8 Å². The number of hydrogen-bond donors (Lipinski definition) is 1. The van der Waals surface area contributed by atoms with E-state index >= 15 is 0 Å². The van der Waals surface area contributed by atoms with E-state index in [1.807, 2.05) is 6.07 Å². The number of nitrogens with two attached hydrogens (primary N) is 1. The average Bonchev–Trinajstić information content (AvgIpc) is 3.03. The maximum absolute atomic E-state index is 6.02. The largest absolute Gasteiger partial charge is 0.468 e. The van der Waals surface area contributed by atoms with Gasteiger partial charge in [-0.25, -0.2) is 0 Å². The summed E-state index contributed by atoms with van der Waals surface area (Å²) in [6.45, 7) is 6.13. The summed E-state index contributed by atoms with van der Waals surface area (Å²) in [5.74, 6) is 1.05. The van der Waals surface area contributed by atoms with Crippen LogP contribution >= 0.6 is 0 Å². The van der Waals surface area contributed by atoms with E-state index in [4.69, 9.17) is 10.2 Å². The molecule has 0 aliphatic heterocycles. The predicted octanol–water partition coefficient (Wildman–Crippen LogP) is 2.76. The highest BCUT2D eigenvalue weighted by Gasteiger charge is 2.40. The van der Waals surface area contributed by atoms with Crippen LogP contribution in [-0.2, 0) is 6.54 Å². The van der Waals surface area contributed by atoms with Crippen LogP contribution in [0.25, 0.3) is 0 Å². The molecule has 2 N–H and O–H groups in total. The molecular weight excluding hydrogens is 212 g/mol. The van der Waals surface area contributed by atoms with Gasteiger partial charge in [0.15, 0.2) is 0 Å². The van der Waals surface area contributed by atoms with E-state index in [2.05, 4.69) is 24.8 Å². The Morgan fingerprint density at radius 3 is 2.76 bits per heavy atom. The minimum Gasteiger partial charge on any atom is -0.468 e. The van der Waals surface area contributed by atoms with E-state index in [-0.39, 0.29) is 5.54 Å². The van der Waals surface area contributed by atoms with Gasteiger partial charge in [0, 0.05) is 18.1 Å². The van der Waals surface area contributed by atoms with Crippen molar-refractivity contribution in [1.29, 1.82) is 0 Å². The van der Waals surface area contributed by atoms with Gasteiger partial charge in [-0.2, -0.15) is 0 Å². The first-order chi connectivity index (χ1) is 8.19. The number of rotatable bonds is 7. The molecule has 1 aliphatic carbocycles. The first kappa shape index (κ1) is 12.7. The Labute approximate surface area is 104 Å². The fraction of sp³-hybridized carbons (Fsp3) is 0.714. The Balaban J connectivity index is 2.10. The third-order valence-corrected chi connectivity index (χ3v) is 3.82. The van der Waals surface area contributed by atoms with Crippen LogP contribution in [0.1, 0.15) is 45.3 Å². The molecule has 1 aromatic heterocycles. The lowest BCUT2D eigenvalue weighted by molar-refractivity contribution is 0.0752. The molecule has 1 saturated carbocycles. The van der Waals surface area contributed by atoms with Crippen molar-refractivity contribution in [2.75, 3.05) is 6.54 Å². The summed E-state index contributed by atoms with van der Waals surface area (Å²) in [7, 11) is 0. The smallest absolute Gasteiger partial charge is 0.117 e. The van der Waals surface area contributed by atoms with Crippen molar-refractivity contribution in [1.82, 2.24) is 4.90 Å². The fourth-order valence-electron chi connectivity index (χ4n) is 2.62. The molecule has 0 bridgehead atoms. The maximum atomic E-state index is 6.02. The van der Waals surface area contributed by atoms with Crippen LogP contribution < -0.4 is 5.73 Å². The minimum absolute atomic E-state index is 0.114. The SMILES string of the molecule is CCCC(C)(CN)N(Cc1ccco1)C1CC1. The van der Waals surface area contributed by atoms with Gasteiger partial charge in [0.05, 0.1) is 12.8 Å². The van der Waals surface area contributed by atoms with Crippen molar-refractivity contribution in [2.45, 2.75) is 57.7 Å². The fourth-order valence-corrected chi connectivity index (χ4v) is 2.62. The molecule has 1 aromatic rings. The highest BCUT2D eigenvalue weighted by molar-refractivity contribution is 5.03. The maximum Gasteiger partial charge on any atom is 0.117 e. The second kappa shape index (κ2) is 5.23. The topological polar surface area (TPSA) is 42.4 Å². The highest BCUT2D eigenvalue weighted by atomic mass is 16.3. The lowest BCUT2D eigenvalue weighted by Crippen LogP contribution is -2.52. The molecule has 17 heavy (non-hydrogen) atoms. The Hall–Kier alpha value is -0.800. The Morgan fingerprint density at radius 2 is 2.29 bits per heavy atom. The van der Waals surface area contributed by atoms with Crippen LogP contribution in [0.5, 0.6) is 0 Å². The second-order valence-corrected chi connectivity index (χ2v) is 5.39. The quantitative estimate of drug-likeness (QED) is 0.791. The molecule has 1 aliphatic rings. The van der Waals surface area contributed by atoms with Gasteiger partial charge in [-0.15, -0.1) is 0 Å². The van der Waals surface area contributed by atoms with Gasteiger partial charge in [-0.1, -0.05) is 13.3 Å². The number of hydrogen-bond acceptors (Lipinski definition) is 3. The van der Waals surface area contributed by atoms with Gasteiger partial charge in [0.2, 0.25) is 0 Å². The van der Waals surface area contributed by atoms with E-state index in [1.54, 1.807) is 6.26 Å². The monoisotopic (exact) mass is 236 g/mol. The van der Waals surface area contributed by atoms with Crippen LogP contribution in [0.4, 0.5) is 0 Å². The van der Waals surface area contributed by atoms with E-state index in [0.29, 0.717) is 6.04 Å². The van der Waals surface area contributed by atoms with Gasteiger partial charge < -0.3 is 10.2 Å². The summed E-state index contributed by atoms with van der Waals surface area (Å²) in [5.41, 5.74) is 6.13. The Kier molecular flexibility index (Phi) is 3.89. The molecule has 3 nitrogen and oxygen atoms in total. The van der Waals surface area contributed by atoms with Crippen molar-refractivity contribution in [3.8, 4) is 0 Å². The molecule has 0 amide bonds. The second-order valence-electron chi connectivity index (χ2n) is 5.39. The molecular formula is C14H24N2O. The van der Waals surface area contributed by atoms with E-state index < -0.39 is 0 Å². The zero-order valence-corrected chi connectivity index (χ0v) is 11.0. The van der Waals surface area contributed by atoms with Crippen molar-refractivity contribution in [3.05, 3.63) is 24.2 Å². The molecule has 1 fully saturated rings. The van der Waals surface area contributed by atoms with Gasteiger partial charge >= 0.3 is 0 Å². The predicted molar refractivity (Wildman–Crippen MR) is 69.6 cm³/mol. The lowest BCUT2D eigenvalue weighted by Gasteiger charge is -2.40. The molecule has 0 aromatic carbocycles. The highest BCUT2D eigenvalue weighted by Crippen LogP contribution is 2.36. The third kappa shape index (κ3) is 2.90. The Morgan fingerprint density at radius 1 is 1.53 bits per heavy atom. The summed E-state index contributed by atoms with van der Waals surface area (Å²) in [5, 5.41) is 0. The summed E-state index contributed by atoms with van der Waals surface area (Å²) >= 11 is 0. The molecule has 0 radical (unpaired) electrons. The normalized spacial score (nSPS) is 19.5. The molecule has 2 rings (SSSR count). The van der Waals surface area contributed by atoms with Gasteiger partial charge in [-0.3, -0.25) is 4.90 Å². The van der Waals surface area contributed by atoms with Crippen LogP contribution in [0, 0.1) is 0 Å². The minimum atomic E-state index is 0.114. The third-order valence-electron chi connectivity index (χ3n) is 3.82. The van der Waals surface area contributed by atoms with Gasteiger partial charge in [-0.05, 0) is 38.3 Å². The molecule has 1 atom stereocenters. The number of nitrogens with zero attached hydrogens (tertiary/aromatic N) is 1. The first-order valence-electron chi connectivity index (χ1n) is 6.69. The van der Waals surface area contributed by atoms with E-state index in [1.165, 1.54) is 19.3 Å². The summed E-state index contributed by atoms with van der Waals surface area (Å²) in [6.07, 6.45) is 6.69. The van der Waals surface area contributed by atoms with E-state index in [0.717, 1.165) is 25.3 Å². The van der Waals surface area contributed by atoms with Gasteiger partial charge in [0.1, 0.15) is 5.76 Å². The van der Waals surface area contributed by atoms with Crippen molar-refractivity contribution >= 4 is 0 Å². The lowest BCUT2D eigenvalue weighted by atomic mass is 9.93. The van der Waals surface area contributed by atoms with Crippen molar-refractivity contribution in [2.24, 2.45) is 5.73 Å². The number of furan rings is 1. The summed E-state index contributed by atoms with van der Waals surface area (Å²) in [6, 6.07) is 4.72. The molecule has 3 heteroatoms. The van der Waals surface area contributed by atoms with Gasteiger partial charge in [0.25, 0.3) is 0 Å².